The molecular weight excluding hydrogens is 448 g/mol. The van der Waals surface area contributed by atoms with Crippen molar-refractivity contribution in [3.63, 3.8) is 0 Å². The summed E-state index contributed by atoms with van der Waals surface area (Å²) >= 11 is 0. The molecule has 7 nitrogen and oxygen atoms in total. The maximum atomic E-state index is 12.0. The molecule has 2 aromatic carbocycles. The molecule has 3 aromatic rings. The zero-order valence-electron chi connectivity index (χ0n) is 21.5. The van der Waals surface area contributed by atoms with Gasteiger partial charge in [0.15, 0.2) is 0 Å². The topological polar surface area (TPSA) is 73.4 Å². The van der Waals surface area contributed by atoms with Crippen LogP contribution < -0.4 is 15.5 Å². The minimum atomic E-state index is 0.0550. The molecule has 0 radical (unpaired) electrons. The summed E-state index contributed by atoms with van der Waals surface area (Å²) in [5, 5.41) is 6.33. The zero-order valence-corrected chi connectivity index (χ0v) is 21.5. The van der Waals surface area contributed by atoms with Crippen LogP contribution in [0.5, 0.6) is 0 Å². The highest BCUT2D eigenvalue weighted by Crippen LogP contribution is 2.33. The number of aromatic nitrogens is 2. The fraction of sp³-hybridized carbons (Fsp3) is 0.414. The number of amides is 1. The van der Waals surface area contributed by atoms with Crippen molar-refractivity contribution in [1.29, 1.82) is 0 Å². The van der Waals surface area contributed by atoms with Crippen molar-refractivity contribution in [2.75, 3.05) is 35.7 Å². The van der Waals surface area contributed by atoms with Crippen molar-refractivity contribution >= 4 is 28.9 Å². The number of aryl methyl sites for hydroxylation is 1. The Kier molecular flexibility index (Phi) is 7.18. The number of fused-ring (bicyclic) bond motifs is 2. The Bertz CT molecular complexity index is 1200. The number of carbonyl (C=O) groups excluding carboxylic acids is 1. The predicted molar refractivity (Wildman–Crippen MR) is 147 cm³/mol. The summed E-state index contributed by atoms with van der Waals surface area (Å²) in [5.74, 6) is 0.619. The second kappa shape index (κ2) is 10.7. The lowest BCUT2D eigenvalue weighted by Crippen LogP contribution is -2.52. The Morgan fingerprint density at radius 3 is 2.44 bits per heavy atom. The summed E-state index contributed by atoms with van der Waals surface area (Å²) in [6, 6.07) is 17.5. The second-order valence-electron chi connectivity index (χ2n) is 10.1. The van der Waals surface area contributed by atoms with Gasteiger partial charge in [0.1, 0.15) is 0 Å². The smallest absolute Gasteiger partial charge is 0.227 e. The van der Waals surface area contributed by atoms with Gasteiger partial charge in [-0.1, -0.05) is 25.5 Å². The molecule has 2 aliphatic rings. The summed E-state index contributed by atoms with van der Waals surface area (Å²) in [6.07, 6.45) is 6.85. The number of hydrogen-bond acceptors (Lipinski definition) is 6. The normalized spacial score (nSPS) is 19.4. The number of unbranched alkanes of at least 4 members (excludes halogenated alkanes) is 1. The number of likely N-dealkylation sites (N-methyl/N-ethyl adjacent to an activating group) is 1. The molecule has 1 amide bonds. The summed E-state index contributed by atoms with van der Waals surface area (Å²) in [6.45, 7) is 6.47. The average molecular weight is 485 g/mol. The van der Waals surface area contributed by atoms with Gasteiger partial charge in [0.2, 0.25) is 11.9 Å². The van der Waals surface area contributed by atoms with Crippen molar-refractivity contribution in [1.82, 2.24) is 14.9 Å². The lowest BCUT2D eigenvalue weighted by Gasteiger charge is -2.40. The summed E-state index contributed by atoms with van der Waals surface area (Å²) in [5.41, 5.74) is 6.17. The molecule has 2 N–H and O–H groups in total. The molecule has 0 spiro atoms. The van der Waals surface area contributed by atoms with Crippen LogP contribution in [0.2, 0.25) is 0 Å². The van der Waals surface area contributed by atoms with Crippen LogP contribution in [0.3, 0.4) is 0 Å². The Hall–Kier alpha value is -3.45. The lowest BCUT2D eigenvalue weighted by atomic mass is 10.1. The van der Waals surface area contributed by atoms with E-state index in [-0.39, 0.29) is 5.91 Å². The molecule has 2 atom stereocenters. The van der Waals surface area contributed by atoms with Gasteiger partial charge in [0.25, 0.3) is 0 Å². The number of nitrogens with one attached hydrogen (secondary N) is 2. The van der Waals surface area contributed by atoms with Crippen LogP contribution in [0, 0.1) is 6.92 Å². The fourth-order valence-corrected chi connectivity index (χ4v) is 5.39. The van der Waals surface area contributed by atoms with E-state index in [2.05, 4.69) is 64.5 Å². The van der Waals surface area contributed by atoms with Crippen molar-refractivity contribution in [3.05, 3.63) is 60.3 Å². The molecule has 188 valence electrons. The van der Waals surface area contributed by atoms with E-state index in [0.29, 0.717) is 24.5 Å². The number of piperazine rings is 1. The Morgan fingerprint density at radius 1 is 1.03 bits per heavy atom. The molecular formula is C29H36N6O. The zero-order chi connectivity index (χ0) is 25.1. The largest absolute Gasteiger partial charge is 0.368 e. The van der Waals surface area contributed by atoms with Gasteiger partial charge in [-0.2, -0.15) is 0 Å². The highest BCUT2D eigenvalue weighted by atomic mass is 16.1. The maximum absolute atomic E-state index is 12.0. The Labute approximate surface area is 213 Å². The number of rotatable bonds is 8. The van der Waals surface area contributed by atoms with Gasteiger partial charge in [-0.25, -0.2) is 9.97 Å². The molecule has 2 aliphatic heterocycles. The van der Waals surface area contributed by atoms with E-state index >= 15 is 0 Å². The third-order valence-electron chi connectivity index (χ3n) is 7.52. The van der Waals surface area contributed by atoms with E-state index in [1.54, 1.807) is 6.20 Å². The quantitative estimate of drug-likeness (QED) is 0.433. The van der Waals surface area contributed by atoms with Crippen LogP contribution in [-0.4, -0.2) is 53.0 Å². The van der Waals surface area contributed by atoms with Crippen molar-refractivity contribution in [3.8, 4) is 11.3 Å². The van der Waals surface area contributed by atoms with Crippen molar-refractivity contribution < 1.29 is 4.79 Å². The van der Waals surface area contributed by atoms with Gasteiger partial charge < -0.3 is 15.5 Å². The fourth-order valence-electron chi connectivity index (χ4n) is 5.39. The SMILES string of the molecule is CCCCC(=O)Nc1ccc(-c2ccnc(Nc3ccc(N4CC5CCC(C4)N5C)c(C)c3)n2)cc1. The maximum Gasteiger partial charge on any atom is 0.227 e. The first-order valence-electron chi connectivity index (χ1n) is 13.1. The van der Waals surface area contributed by atoms with Crippen molar-refractivity contribution in [2.24, 2.45) is 0 Å². The number of anilines is 4. The first-order valence-corrected chi connectivity index (χ1v) is 13.1. The van der Waals surface area contributed by atoms with E-state index in [0.717, 1.165) is 48.6 Å². The average Bonchev–Trinajstić information content (AvgIpc) is 3.08. The number of nitrogens with zero attached hydrogens (tertiary/aromatic N) is 4. The van der Waals surface area contributed by atoms with Crippen molar-refractivity contribution in [2.45, 2.75) is 58.0 Å². The van der Waals surface area contributed by atoms with E-state index in [4.69, 9.17) is 4.98 Å². The van der Waals surface area contributed by atoms with Gasteiger partial charge in [0, 0.05) is 60.4 Å². The van der Waals surface area contributed by atoms with E-state index in [9.17, 15) is 4.79 Å². The minimum Gasteiger partial charge on any atom is -0.368 e. The molecule has 2 unspecified atom stereocenters. The summed E-state index contributed by atoms with van der Waals surface area (Å²) in [4.78, 5) is 26.2. The molecule has 2 fully saturated rings. The van der Waals surface area contributed by atoms with Gasteiger partial charge in [0.05, 0.1) is 5.69 Å². The lowest BCUT2D eigenvalue weighted by molar-refractivity contribution is -0.116. The molecule has 36 heavy (non-hydrogen) atoms. The van der Waals surface area contributed by atoms with Crippen LogP contribution in [-0.2, 0) is 4.79 Å². The van der Waals surface area contributed by atoms with E-state index in [1.807, 2.05) is 30.3 Å². The Morgan fingerprint density at radius 2 is 1.75 bits per heavy atom. The number of benzene rings is 2. The van der Waals surface area contributed by atoms with Crippen LogP contribution in [0.1, 0.15) is 44.6 Å². The molecule has 0 saturated carbocycles. The Balaban J connectivity index is 1.24. The monoisotopic (exact) mass is 484 g/mol. The van der Waals surface area contributed by atoms with Gasteiger partial charge in [-0.15, -0.1) is 0 Å². The summed E-state index contributed by atoms with van der Waals surface area (Å²) in [7, 11) is 2.27. The first-order chi connectivity index (χ1) is 17.5. The molecule has 3 heterocycles. The van der Waals surface area contributed by atoms with Gasteiger partial charge in [-0.3, -0.25) is 9.69 Å². The minimum absolute atomic E-state index is 0.0550. The third kappa shape index (κ3) is 5.36. The van der Waals surface area contributed by atoms with Crippen LogP contribution in [0.4, 0.5) is 23.0 Å². The van der Waals surface area contributed by atoms with Gasteiger partial charge in [-0.05, 0) is 75.2 Å². The summed E-state index contributed by atoms with van der Waals surface area (Å²) < 4.78 is 0. The molecule has 5 rings (SSSR count). The second-order valence-corrected chi connectivity index (χ2v) is 10.1. The highest BCUT2D eigenvalue weighted by molar-refractivity contribution is 5.90. The molecule has 2 bridgehead atoms. The van der Waals surface area contributed by atoms with E-state index in [1.165, 1.54) is 24.1 Å². The predicted octanol–water partition coefficient (Wildman–Crippen LogP) is 5.61. The molecule has 2 saturated heterocycles. The number of carbonyl (C=O) groups is 1. The van der Waals surface area contributed by atoms with Crippen LogP contribution in [0.25, 0.3) is 11.3 Å². The standard InChI is InChI=1S/C29H36N6O/c1-4-5-6-28(36)31-22-9-7-21(8-10-22)26-15-16-30-29(33-26)32-23-11-14-27(20(2)17-23)35-18-24-12-13-25(19-35)34(24)3/h7-11,14-17,24-25H,4-6,12-13,18-19H2,1-3H3,(H,31,36)(H,30,32,33). The van der Waals surface area contributed by atoms with Crippen LogP contribution in [0.15, 0.2) is 54.7 Å². The number of hydrogen-bond donors (Lipinski definition) is 2. The molecule has 1 aromatic heterocycles. The highest BCUT2D eigenvalue weighted by Gasteiger charge is 2.37. The molecule has 0 aliphatic carbocycles. The van der Waals surface area contributed by atoms with Gasteiger partial charge >= 0.3 is 0 Å². The van der Waals surface area contributed by atoms with Crippen LogP contribution >= 0.6 is 0 Å². The van der Waals surface area contributed by atoms with E-state index < -0.39 is 0 Å². The molecule has 7 heteroatoms. The third-order valence-corrected chi connectivity index (χ3v) is 7.52. The first kappa shape index (κ1) is 24.3.